The molecule has 4 heteroatoms. The maximum absolute atomic E-state index is 13.0. The van der Waals surface area contributed by atoms with Gasteiger partial charge in [-0.3, -0.25) is 4.79 Å². The van der Waals surface area contributed by atoms with Gasteiger partial charge in [-0.05, 0) is 48.0 Å². The van der Waals surface area contributed by atoms with E-state index in [-0.39, 0.29) is 11.4 Å². The summed E-state index contributed by atoms with van der Waals surface area (Å²) in [5, 5.41) is 1.30. The number of benzene rings is 2. The summed E-state index contributed by atoms with van der Waals surface area (Å²) in [6.07, 6.45) is 0. The standard InChI is InChI=1S/C16H12FNO2/c1-20-15-4-2-3-12-13(15)9-14(18-16(12)19)10-5-7-11(17)8-6-10/h2-9H,1H3,(H,18,19). The van der Waals surface area contributed by atoms with E-state index in [4.69, 9.17) is 4.74 Å². The molecule has 2 aromatic carbocycles. The third-order valence-electron chi connectivity index (χ3n) is 3.22. The van der Waals surface area contributed by atoms with Gasteiger partial charge in [0.15, 0.2) is 0 Å². The number of hydrogen-bond donors (Lipinski definition) is 1. The van der Waals surface area contributed by atoms with E-state index in [1.54, 1.807) is 37.4 Å². The second-order valence-corrected chi connectivity index (χ2v) is 4.44. The van der Waals surface area contributed by atoms with Gasteiger partial charge in [-0.1, -0.05) is 6.07 Å². The molecule has 0 atom stereocenters. The van der Waals surface area contributed by atoms with Gasteiger partial charge in [0.05, 0.1) is 12.5 Å². The second-order valence-electron chi connectivity index (χ2n) is 4.44. The highest BCUT2D eigenvalue weighted by atomic mass is 19.1. The lowest BCUT2D eigenvalue weighted by atomic mass is 10.1. The van der Waals surface area contributed by atoms with Gasteiger partial charge in [-0.15, -0.1) is 0 Å². The molecule has 0 spiro atoms. The number of methoxy groups -OCH3 is 1. The predicted octanol–water partition coefficient (Wildman–Crippen LogP) is 3.34. The minimum absolute atomic E-state index is 0.194. The highest BCUT2D eigenvalue weighted by molar-refractivity contribution is 5.90. The van der Waals surface area contributed by atoms with Crippen LogP contribution in [0.15, 0.2) is 53.3 Å². The summed E-state index contributed by atoms with van der Waals surface area (Å²) < 4.78 is 18.2. The molecule has 0 saturated carbocycles. The zero-order chi connectivity index (χ0) is 14.1. The molecule has 0 bridgehead atoms. The highest BCUT2D eigenvalue weighted by Crippen LogP contribution is 2.26. The summed E-state index contributed by atoms with van der Waals surface area (Å²) in [6.45, 7) is 0. The fourth-order valence-electron chi connectivity index (χ4n) is 2.22. The van der Waals surface area contributed by atoms with Crippen LogP contribution in [-0.2, 0) is 0 Å². The van der Waals surface area contributed by atoms with Gasteiger partial charge < -0.3 is 9.72 Å². The van der Waals surface area contributed by atoms with Gasteiger partial charge in [-0.25, -0.2) is 4.39 Å². The number of H-pyrrole nitrogens is 1. The molecule has 0 fully saturated rings. The van der Waals surface area contributed by atoms with E-state index in [0.29, 0.717) is 16.8 Å². The van der Waals surface area contributed by atoms with E-state index in [1.165, 1.54) is 12.1 Å². The number of hydrogen-bond acceptors (Lipinski definition) is 2. The van der Waals surface area contributed by atoms with Crippen molar-refractivity contribution in [3.05, 3.63) is 64.7 Å². The Hall–Kier alpha value is -2.62. The minimum atomic E-state index is -0.311. The van der Waals surface area contributed by atoms with Crippen LogP contribution < -0.4 is 10.3 Å². The van der Waals surface area contributed by atoms with E-state index in [2.05, 4.69) is 4.98 Å². The van der Waals surface area contributed by atoms with Crippen LogP contribution in [0.5, 0.6) is 5.75 Å². The predicted molar refractivity (Wildman–Crippen MR) is 76.5 cm³/mol. The van der Waals surface area contributed by atoms with Crippen LogP contribution in [-0.4, -0.2) is 12.1 Å². The Morgan fingerprint density at radius 3 is 2.50 bits per heavy atom. The summed E-state index contributed by atoms with van der Waals surface area (Å²) in [6, 6.07) is 13.1. The number of nitrogens with one attached hydrogen (secondary N) is 1. The van der Waals surface area contributed by atoms with Crippen LogP contribution in [0.3, 0.4) is 0 Å². The van der Waals surface area contributed by atoms with E-state index in [1.807, 2.05) is 6.07 Å². The van der Waals surface area contributed by atoms with Crippen LogP contribution in [0, 0.1) is 5.82 Å². The van der Waals surface area contributed by atoms with Crippen molar-refractivity contribution in [1.82, 2.24) is 4.98 Å². The van der Waals surface area contributed by atoms with Crippen molar-refractivity contribution < 1.29 is 9.13 Å². The number of halogens is 1. The van der Waals surface area contributed by atoms with Gasteiger partial charge >= 0.3 is 0 Å². The molecule has 0 amide bonds. The van der Waals surface area contributed by atoms with Gasteiger partial charge in [0.2, 0.25) is 0 Å². The molecule has 0 aliphatic rings. The molecular formula is C16H12FNO2. The third-order valence-corrected chi connectivity index (χ3v) is 3.22. The van der Waals surface area contributed by atoms with Gasteiger partial charge in [0, 0.05) is 11.1 Å². The zero-order valence-electron chi connectivity index (χ0n) is 10.8. The smallest absolute Gasteiger partial charge is 0.256 e. The van der Waals surface area contributed by atoms with Crippen LogP contribution in [0.4, 0.5) is 4.39 Å². The van der Waals surface area contributed by atoms with Gasteiger partial charge in [-0.2, -0.15) is 0 Å². The fraction of sp³-hybridized carbons (Fsp3) is 0.0625. The van der Waals surface area contributed by atoms with Crippen molar-refractivity contribution in [1.29, 1.82) is 0 Å². The van der Waals surface area contributed by atoms with Crippen molar-refractivity contribution >= 4 is 10.8 Å². The van der Waals surface area contributed by atoms with E-state index in [9.17, 15) is 9.18 Å². The maximum Gasteiger partial charge on any atom is 0.256 e. The summed E-state index contributed by atoms with van der Waals surface area (Å²) in [7, 11) is 1.56. The number of aromatic amines is 1. The van der Waals surface area contributed by atoms with Crippen molar-refractivity contribution in [2.75, 3.05) is 7.11 Å². The molecular weight excluding hydrogens is 257 g/mol. The first-order chi connectivity index (χ1) is 9.69. The van der Waals surface area contributed by atoms with Gasteiger partial charge in [0.25, 0.3) is 5.56 Å². The minimum Gasteiger partial charge on any atom is -0.496 e. The Balaban J connectivity index is 2.28. The van der Waals surface area contributed by atoms with E-state index < -0.39 is 0 Å². The number of pyridine rings is 1. The topological polar surface area (TPSA) is 42.1 Å². The fourth-order valence-corrected chi connectivity index (χ4v) is 2.22. The number of rotatable bonds is 2. The molecule has 0 aliphatic heterocycles. The van der Waals surface area contributed by atoms with Crippen molar-refractivity contribution in [3.8, 4) is 17.0 Å². The Morgan fingerprint density at radius 2 is 1.80 bits per heavy atom. The van der Waals surface area contributed by atoms with Crippen molar-refractivity contribution in [3.63, 3.8) is 0 Å². The number of ether oxygens (including phenoxy) is 1. The van der Waals surface area contributed by atoms with E-state index in [0.717, 1.165) is 10.9 Å². The summed E-state index contributed by atoms with van der Waals surface area (Å²) in [5.41, 5.74) is 1.18. The Bertz CT molecular complexity index is 822. The lowest BCUT2D eigenvalue weighted by molar-refractivity contribution is 0.420. The number of aromatic nitrogens is 1. The van der Waals surface area contributed by atoms with E-state index >= 15 is 0 Å². The first kappa shape index (κ1) is 12.4. The lowest BCUT2D eigenvalue weighted by Crippen LogP contribution is -2.07. The van der Waals surface area contributed by atoms with Crippen molar-refractivity contribution in [2.45, 2.75) is 0 Å². The second kappa shape index (κ2) is 4.81. The van der Waals surface area contributed by atoms with Crippen LogP contribution in [0.2, 0.25) is 0 Å². The molecule has 1 aromatic heterocycles. The summed E-state index contributed by atoms with van der Waals surface area (Å²) in [5.74, 6) is 0.325. The Morgan fingerprint density at radius 1 is 1.05 bits per heavy atom. The maximum atomic E-state index is 13.0. The molecule has 0 saturated heterocycles. The third kappa shape index (κ3) is 2.05. The van der Waals surface area contributed by atoms with Crippen LogP contribution >= 0.6 is 0 Å². The molecule has 3 rings (SSSR count). The molecule has 1 N–H and O–H groups in total. The van der Waals surface area contributed by atoms with Crippen LogP contribution in [0.25, 0.3) is 22.0 Å². The zero-order valence-corrected chi connectivity index (χ0v) is 10.8. The molecule has 0 aliphatic carbocycles. The highest BCUT2D eigenvalue weighted by Gasteiger charge is 2.08. The molecule has 20 heavy (non-hydrogen) atoms. The molecule has 3 aromatic rings. The van der Waals surface area contributed by atoms with Crippen LogP contribution in [0.1, 0.15) is 0 Å². The first-order valence-electron chi connectivity index (χ1n) is 6.15. The Kier molecular flexibility index (Phi) is 2.99. The lowest BCUT2D eigenvalue weighted by Gasteiger charge is -2.07. The van der Waals surface area contributed by atoms with Crippen molar-refractivity contribution in [2.24, 2.45) is 0 Å². The normalized spacial score (nSPS) is 10.7. The molecule has 1 heterocycles. The summed E-state index contributed by atoms with van der Waals surface area (Å²) in [4.78, 5) is 14.9. The largest absolute Gasteiger partial charge is 0.496 e. The van der Waals surface area contributed by atoms with Gasteiger partial charge in [0.1, 0.15) is 11.6 Å². The molecule has 3 nitrogen and oxygen atoms in total. The molecule has 100 valence electrons. The average molecular weight is 269 g/mol. The summed E-state index contributed by atoms with van der Waals surface area (Å²) >= 11 is 0. The average Bonchev–Trinajstić information content (AvgIpc) is 2.47. The monoisotopic (exact) mass is 269 g/mol. The first-order valence-corrected chi connectivity index (χ1v) is 6.15. The molecule has 0 unspecified atom stereocenters. The molecule has 0 radical (unpaired) electrons. The number of fused-ring (bicyclic) bond motifs is 1. The quantitative estimate of drug-likeness (QED) is 0.775. The Labute approximate surface area is 114 Å². The SMILES string of the molecule is COc1cccc2c(=O)[nH]c(-c3ccc(F)cc3)cc12.